The number of hydrogen-bond donors (Lipinski definition) is 0. The van der Waals surface area contributed by atoms with E-state index in [2.05, 4.69) is 27.1 Å². The Hall–Kier alpha value is -3.10. The molecule has 5 rings (SSSR count). The minimum absolute atomic E-state index is 0.144. The molecule has 1 amide bonds. The van der Waals surface area contributed by atoms with Gasteiger partial charge in [-0.15, -0.1) is 0 Å². The Bertz CT molecular complexity index is 1200. The first-order chi connectivity index (χ1) is 15.5. The van der Waals surface area contributed by atoms with Gasteiger partial charge in [0.1, 0.15) is 5.15 Å². The summed E-state index contributed by atoms with van der Waals surface area (Å²) in [5, 5.41) is 7.32. The molecular formula is C23H21ClN4O3S. The van der Waals surface area contributed by atoms with Gasteiger partial charge in [-0.2, -0.15) is 5.10 Å². The summed E-state index contributed by atoms with van der Waals surface area (Å²) in [6.45, 7) is 2.43. The molecule has 2 aliphatic heterocycles. The topological polar surface area (TPSA) is 67.3 Å². The van der Waals surface area contributed by atoms with Gasteiger partial charge in [0.2, 0.25) is 12.7 Å². The number of halogens is 1. The number of anilines is 1. The first-order valence-electron chi connectivity index (χ1n) is 10.2. The van der Waals surface area contributed by atoms with Gasteiger partial charge in [0.25, 0.3) is 0 Å². The first-order valence-corrected chi connectivity index (χ1v) is 11.4. The molecule has 1 atom stereocenters. The number of aromatic nitrogens is 1. The number of amides is 1. The van der Waals surface area contributed by atoms with Gasteiger partial charge in [0.05, 0.1) is 16.6 Å². The summed E-state index contributed by atoms with van der Waals surface area (Å²) >= 11 is 8.05. The lowest BCUT2D eigenvalue weighted by Gasteiger charge is -2.19. The molecule has 1 aromatic heterocycles. The van der Waals surface area contributed by atoms with E-state index in [1.165, 1.54) is 28.8 Å². The lowest BCUT2D eigenvalue weighted by atomic mass is 10.0. The fraction of sp³-hybridized carbons (Fsp3) is 0.261. The van der Waals surface area contributed by atoms with Crippen molar-refractivity contribution in [3.05, 3.63) is 69.7 Å². The molecule has 32 heavy (non-hydrogen) atoms. The molecule has 1 unspecified atom stereocenters. The van der Waals surface area contributed by atoms with E-state index >= 15 is 0 Å². The third-order valence-corrected chi connectivity index (χ3v) is 7.10. The molecule has 0 N–H and O–H groups in total. The summed E-state index contributed by atoms with van der Waals surface area (Å²) < 4.78 is 10.9. The SMILES string of the molecule is CC(=O)N1N=C(c2ccc3c(c2)OCO3)CC1c1sc(N(C)Cc2ccccc2)nc1Cl. The maximum Gasteiger partial charge on any atom is 0.240 e. The van der Waals surface area contributed by atoms with E-state index in [1.54, 1.807) is 0 Å². The minimum atomic E-state index is -0.295. The Labute approximate surface area is 194 Å². The van der Waals surface area contributed by atoms with E-state index in [1.807, 2.05) is 43.4 Å². The third kappa shape index (κ3) is 3.91. The second kappa shape index (κ2) is 8.44. The van der Waals surface area contributed by atoms with E-state index in [-0.39, 0.29) is 18.7 Å². The van der Waals surface area contributed by atoms with Crippen LogP contribution in [0, 0.1) is 0 Å². The molecule has 0 radical (unpaired) electrons. The number of ether oxygens (including phenoxy) is 2. The van der Waals surface area contributed by atoms with Crippen molar-refractivity contribution < 1.29 is 14.3 Å². The number of hydrazone groups is 1. The van der Waals surface area contributed by atoms with Crippen molar-refractivity contribution in [1.29, 1.82) is 0 Å². The van der Waals surface area contributed by atoms with Gasteiger partial charge < -0.3 is 14.4 Å². The normalized spacial score (nSPS) is 16.9. The van der Waals surface area contributed by atoms with Crippen LogP contribution in [0.5, 0.6) is 11.5 Å². The average Bonchev–Trinajstić information content (AvgIpc) is 3.51. The predicted octanol–water partition coefficient (Wildman–Crippen LogP) is 4.86. The van der Waals surface area contributed by atoms with Crippen molar-refractivity contribution in [1.82, 2.24) is 9.99 Å². The zero-order valence-corrected chi connectivity index (χ0v) is 19.2. The number of carbonyl (C=O) groups is 1. The molecule has 2 aromatic carbocycles. The second-order valence-corrected chi connectivity index (χ2v) is 9.06. The number of thiazole rings is 1. The number of fused-ring (bicyclic) bond motifs is 1. The van der Waals surface area contributed by atoms with E-state index in [4.69, 9.17) is 21.1 Å². The summed E-state index contributed by atoms with van der Waals surface area (Å²) in [4.78, 5) is 19.9. The van der Waals surface area contributed by atoms with Crippen LogP contribution in [0.3, 0.4) is 0 Å². The Morgan fingerprint density at radius 2 is 2.00 bits per heavy atom. The molecule has 3 heterocycles. The van der Waals surface area contributed by atoms with Crippen molar-refractivity contribution in [2.45, 2.75) is 25.9 Å². The van der Waals surface area contributed by atoms with Crippen LogP contribution in [0.1, 0.15) is 35.4 Å². The fourth-order valence-electron chi connectivity index (χ4n) is 3.85. The van der Waals surface area contributed by atoms with Crippen molar-refractivity contribution >= 4 is 39.7 Å². The molecule has 0 saturated carbocycles. The van der Waals surface area contributed by atoms with Gasteiger partial charge in [-0.3, -0.25) is 4.79 Å². The van der Waals surface area contributed by atoms with Gasteiger partial charge in [0.15, 0.2) is 16.6 Å². The van der Waals surface area contributed by atoms with E-state index in [0.29, 0.717) is 29.6 Å². The average molecular weight is 469 g/mol. The number of hydrogen-bond acceptors (Lipinski definition) is 7. The Morgan fingerprint density at radius 1 is 1.22 bits per heavy atom. The highest BCUT2D eigenvalue weighted by Gasteiger charge is 2.35. The van der Waals surface area contributed by atoms with Crippen LogP contribution >= 0.6 is 22.9 Å². The summed E-state index contributed by atoms with van der Waals surface area (Å²) in [6.07, 6.45) is 0.545. The van der Waals surface area contributed by atoms with Gasteiger partial charge in [-0.1, -0.05) is 53.3 Å². The maximum absolute atomic E-state index is 12.4. The van der Waals surface area contributed by atoms with Crippen LogP contribution in [0.4, 0.5) is 5.13 Å². The molecule has 9 heteroatoms. The van der Waals surface area contributed by atoms with Crippen LogP contribution in [0.2, 0.25) is 5.15 Å². The molecule has 0 saturated heterocycles. The largest absolute Gasteiger partial charge is 0.454 e. The molecule has 0 fully saturated rings. The first kappa shape index (κ1) is 20.8. The zero-order valence-electron chi connectivity index (χ0n) is 17.6. The Morgan fingerprint density at radius 3 is 2.78 bits per heavy atom. The van der Waals surface area contributed by atoms with Gasteiger partial charge in [-0.05, 0) is 23.8 Å². The van der Waals surface area contributed by atoms with Crippen molar-refractivity contribution in [2.24, 2.45) is 5.10 Å². The monoisotopic (exact) mass is 468 g/mol. The molecule has 2 aliphatic rings. The lowest BCUT2D eigenvalue weighted by Crippen LogP contribution is -2.23. The van der Waals surface area contributed by atoms with E-state index in [0.717, 1.165) is 21.3 Å². The fourth-order valence-corrected chi connectivity index (χ4v) is 5.23. The number of benzene rings is 2. The van der Waals surface area contributed by atoms with Gasteiger partial charge in [-0.25, -0.2) is 9.99 Å². The number of nitrogens with zero attached hydrogens (tertiary/aromatic N) is 4. The summed E-state index contributed by atoms with van der Waals surface area (Å²) in [5.41, 5.74) is 2.87. The van der Waals surface area contributed by atoms with Crippen LogP contribution in [0.15, 0.2) is 53.6 Å². The highest BCUT2D eigenvalue weighted by atomic mass is 35.5. The quantitative estimate of drug-likeness (QED) is 0.535. The van der Waals surface area contributed by atoms with Crippen molar-refractivity contribution in [2.75, 3.05) is 18.7 Å². The number of carbonyl (C=O) groups excluding carboxylic acids is 1. The summed E-state index contributed by atoms with van der Waals surface area (Å²) in [7, 11) is 1.98. The number of rotatable bonds is 5. The summed E-state index contributed by atoms with van der Waals surface area (Å²) in [5.74, 6) is 1.25. The third-order valence-electron chi connectivity index (χ3n) is 5.43. The molecule has 164 valence electrons. The molecule has 0 aliphatic carbocycles. The van der Waals surface area contributed by atoms with Crippen molar-refractivity contribution in [3.63, 3.8) is 0 Å². The van der Waals surface area contributed by atoms with Gasteiger partial charge >= 0.3 is 0 Å². The van der Waals surface area contributed by atoms with E-state index in [9.17, 15) is 4.79 Å². The minimum Gasteiger partial charge on any atom is -0.454 e. The lowest BCUT2D eigenvalue weighted by molar-refractivity contribution is -0.130. The molecule has 0 spiro atoms. The predicted molar refractivity (Wildman–Crippen MR) is 125 cm³/mol. The van der Waals surface area contributed by atoms with Crippen LogP contribution in [-0.4, -0.2) is 35.5 Å². The summed E-state index contributed by atoms with van der Waals surface area (Å²) in [6, 6.07) is 15.6. The second-order valence-electron chi connectivity index (χ2n) is 7.69. The highest BCUT2D eigenvalue weighted by Crippen LogP contribution is 2.42. The van der Waals surface area contributed by atoms with Gasteiger partial charge in [0, 0.05) is 32.5 Å². The molecular weight excluding hydrogens is 448 g/mol. The van der Waals surface area contributed by atoms with Crippen LogP contribution in [-0.2, 0) is 11.3 Å². The Balaban J connectivity index is 1.40. The van der Waals surface area contributed by atoms with E-state index < -0.39 is 0 Å². The van der Waals surface area contributed by atoms with Crippen molar-refractivity contribution in [3.8, 4) is 11.5 Å². The standard InChI is InChI=1S/C23H21ClN4O3S/c1-14(29)28-18(11-17(26-28)16-8-9-19-20(10-16)31-13-30-19)21-22(24)25-23(32-21)27(2)12-15-6-4-3-5-7-15/h3-10,18H,11-13H2,1-2H3. The molecule has 3 aromatic rings. The zero-order chi connectivity index (χ0) is 22.2. The smallest absolute Gasteiger partial charge is 0.240 e. The highest BCUT2D eigenvalue weighted by molar-refractivity contribution is 7.16. The van der Waals surface area contributed by atoms with Crippen LogP contribution in [0.25, 0.3) is 0 Å². The van der Waals surface area contributed by atoms with Crippen LogP contribution < -0.4 is 14.4 Å². The maximum atomic E-state index is 12.4. The molecule has 0 bridgehead atoms. The Kier molecular flexibility index (Phi) is 5.48. The molecule has 7 nitrogen and oxygen atoms in total.